The van der Waals surface area contributed by atoms with Gasteiger partial charge in [-0.15, -0.1) is 0 Å². The van der Waals surface area contributed by atoms with Crippen molar-refractivity contribution in [2.24, 2.45) is 0 Å². The summed E-state index contributed by atoms with van der Waals surface area (Å²) in [7, 11) is 1.79. The Morgan fingerprint density at radius 1 is 1.00 bits per heavy atom. The summed E-state index contributed by atoms with van der Waals surface area (Å²) in [6.45, 7) is 3.07. The number of ether oxygens (including phenoxy) is 2. The van der Waals surface area contributed by atoms with Crippen LogP contribution in [-0.4, -0.2) is 25.9 Å². The summed E-state index contributed by atoms with van der Waals surface area (Å²) in [6.07, 6.45) is 13.0. The predicted molar refractivity (Wildman–Crippen MR) is 67.8 cm³/mol. The zero-order chi connectivity index (χ0) is 11.6. The van der Waals surface area contributed by atoms with Crippen LogP contribution in [0.15, 0.2) is 0 Å². The zero-order valence-corrected chi connectivity index (χ0v) is 11.0. The maximum Gasteiger partial charge on any atom is 0.107 e. The number of unbranched alkanes of at least 4 members (excludes halogenated alkanes) is 7. The first-order valence-electron chi connectivity index (χ1n) is 7.03. The van der Waals surface area contributed by atoms with E-state index in [1.54, 1.807) is 7.11 Å². The Bertz CT molecular complexity index is 157. The van der Waals surface area contributed by atoms with E-state index in [9.17, 15) is 0 Å². The standard InChI is InChI=1S/C14H28O2/c1-3-4-5-6-7-8-9-10-11-13-14(15-2)12-16-13/h13-14H,3-12H2,1-2H3/t13-,14-/m0/s1. The Hall–Kier alpha value is -0.0800. The Morgan fingerprint density at radius 2 is 1.62 bits per heavy atom. The summed E-state index contributed by atoms with van der Waals surface area (Å²) in [5, 5.41) is 0. The molecule has 0 amide bonds. The highest BCUT2D eigenvalue weighted by Gasteiger charge is 2.30. The number of hydrogen-bond donors (Lipinski definition) is 0. The van der Waals surface area contributed by atoms with Gasteiger partial charge in [0.15, 0.2) is 0 Å². The van der Waals surface area contributed by atoms with Crippen LogP contribution < -0.4 is 0 Å². The summed E-state index contributed by atoms with van der Waals surface area (Å²) in [6, 6.07) is 0. The molecular weight excluding hydrogens is 200 g/mol. The molecule has 0 radical (unpaired) electrons. The van der Waals surface area contributed by atoms with Crippen molar-refractivity contribution >= 4 is 0 Å². The normalized spacial score (nSPS) is 24.4. The molecule has 2 heteroatoms. The fourth-order valence-corrected chi connectivity index (χ4v) is 2.28. The summed E-state index contributed by atoms with van der Waals surface area (Å²) in [5.74, 6) is 0. The van der Waals surface area contributed by atoms with E-state index in [-0.39, 0.29) is 0 Å². The maximum atomic E-state index is 5.47. The Morgan fingerprint density at radius 3 is 2.12 bits per heavy atom. The van der Waals surface area contributed by atoms with Gasteiger partial charge < -0.3 is 9.47 Å². The fourth-order valence-electron chi connectivity index (χ4n) is 2.28. The van der Waals surface area contributed by atoms with Crippen LogP contribution in [0.25, 0.3) is 0 Å². The molecule has 0 saturated carbocycles. The molecule has 0 unspecified atom stereocenters. The molecular formula is C14H28O2. The summed E-state index contributed by atoms with van der Waals surface area (Å²) in [4.78, 5) is 0. The molecule has 0 N–H and O–H groups in total. The monoisotopic (exact) mass is 228 g/mol. The fraction of sp³-hybridized carbons (Fsp3) is 1.00. The van der Waals surface area contributed by atoms with Crippen molar-refractivity contribution in [3.63, 3.8) is 0 Å². The van der Waals surface area contributed by atoms with Crippen LogP contribution in [0.5, 0.6) is 0 Å². The van der Waals surface area contributed by atoms with Gasteiger partial charge in [-0.05, 0) is 6.42 Å². The second-order valence-electron chi connectivity index (χ2n) is 4.91. The van der Waals surface area contributed by atoms with Gasteiger partial charge >= 0.3 is 0 Å². The van der Waals surface area contributed by atoms with Gasteiger partial charge in [-0.1, -0.05) is 58.3 Å². The second-order valence-corrected chi connectivity index (χ2v) is 4.91. The van der Waals surface area contributed by atoms with Crippen LogP contribution in [0.1, 0.15) is 64.7 Å². The van der Waals surface area contributed by atoms with Crippen molar-refractivity contribution in [3.8, 4) is 0 Å². The summed E-state index contributed by atoms with van der Waals surface area (Å²) in [5.41, 5.74) is 0. The van der Waals surface area contributed by atoms with E-state index in [0.717, 1.165) is 6.61 Å². The number of hydrogen-bond acceptors (Lipinski definition) is 2. The van der Waals surface area contributed by atoms with E-state index in [2.05, 4.69) is 6.92 Å². The predicted octanol–water partition coefficient (Wildman–Crippen LogP) is 3.93. The lowest BCUT2D eigenvalue weighted by atomic mass is 10.0. The van der Waals surface area contributed by atoms with Gasteiger partial charge in [-0.2, -0.15) is 0 Å². The topological polar surface area (TPSA) is 18.5 Å². The molecule has 0 bridgehead atoms. The van der Waals surface area contributed by atoms with Gasteiger partial charge in [-0.3, -0.25) is 0 Å². The van der Waals surface area contributed by atoms with E-state index in [4.69, 9.17) is 9.47 Å². The molecule has 16 heavy (non-hydrogen) atoms. The zero-order valence-electron chi connectivity index (χ0n) is 11.0. The van der Waals surface area contributed by atoms with Gasteiger partial charge in [0.05, 0.1) is 12.7 Å². The lowest BCUT2D eigenvalue weighted by Gasteiger charge is -2.35. The van der Waals surface area contributed by atoms with Crippen LogP contribution in [0.3, 0.4) is 0 Å². The third kappa shape index (κ3) is 5.31. The van der Waals surface area contributed by atoms with Crippen molar-refractivity contribution in [2.75, 3.05) is 13.7 Å². The summed E-state index contributed by atoms with van der Waals surface area (Å²) < 4.78 is 10.8. The molecule has 0 aromatic rings. The second kappa shape index (κ2) is 9.00. The minimum atomic E-state index is 0.379. The first-order valence-corrected chi connectivity index (χ1v) is 7.03. The molecule has 2 atom stereocenters. The molecule has 1 aliphatic heterocycles. The van der Waals surface area contributed by atoms with Crippen LogP contribution in [0, 0.1) is 0 Å². The molecule has 0 spiro atoms. The van der Waals surface area contributed by atoms with Crippen molar-refractivity contribution in [3.05, 3.63) is 0 Å². The molecule has 2 nitrogen and oxygen atoms in total. The molecule has 0 aromatic carbocycles. The minimum absolute atomic E-state index is 0.379. The van der Waals surface area contributed by atoms with Crippen LogP contribution in [-0.2, 0) is 9.47 Å². The molecule has 96 valence electrons. The van der Waals surface area contributed by atoms with E-state index in [0.29, 0.717) is 12.2 Å². The van der Waals surface area contributed by atoms with Crippen LogP contribution >= 0.6 is 0 Å². The Kier molecular flexibility index (Phi) is 7.87. The third-order valence-electron chi connectivity index (χ3n) is 3.53. The smallest absolute Gasteiger partial charge is 0.107 e. The highest BCUT2D eigenvalue weighted by Crippen LogP contribution is 2.21. The third-order valence-corrected chi connectivity index (χ3v) is 3.53. The van der Waals surface area contributed by atoms with Crippen molar-refractivity contribution < 1.29 is 9.47 Å². The highest BCUT2D eigenvalue weighted by molar-refractivity contribution is 4.78. The Balaban J connectivity index is 1.78. The van der Waals surface area contributed by atoms with Gasteiger partial charge in [0.25, 0.3) is 0 Å². The molecule has 0 aromatic heterocycles. The first-order chi connectivity index (χ1) is 7.88. The van der Waals surface area contributed by atoms with Crippen LogP contribution in [0.2, 0.25) is 0 Å². The first kappa shape index (κ1) is 14.0. The largest absolute Gasteiger partial charge is 0.376 e. The molecule has 1 rings (SSSR count). The van der Waals surface area contributed by atoms with Gasteiger partial charge in [0.2, 0.25) is 0 Å². The van der Waals surface area contributed by atoms with Crippen LogP contribution in [0.4, 0.5) is 0 Å². The minimum Gasteiger partial charge on any atom is -0.376 e. The van der Waals surface area contributed by atoms with Gasteiger partial charge in [0, 0.05) is 7.11 Å². The van der Waals surface area contributed by atoms with Gasteiger partial charge in [-0.25, -0.2) is 0 Å². The van der Waals surface area contributed by atoms with Crippen molar-refractivity contribution in [1.82, 2.24) is 0 Å². The number of methoxy groups -OCH3 is 1. The number of rotatable bonds is 10. The summed E-state index contributed by atoms with van der Waals surface area (Å²) >= 11 is 0. The van der Waals surface area contributed by atoms with Crippen molar-refractivity contribution in [2.45, 2.75) is 76.9 Å². The van der Waals surface area contributed by atoms with Crippen molar-refractivity contribution in [1.29, 1.82) is 0 Å². The maximum absolute atomic E-state index is 5.47. The SMILES string of the molecule is CCCCCCCCCC[C@@H]1OC[C@@H]1OC. The average molecular weight is 228 g/mol. The van der Waals surface area contributed by atoms with E-state index in [1.165, 1.54) is 57.8 Å². The van der Waals surface area contributed by atoms with Gasteiger partial charge in [0.1, 0.15) is 6.10 Å². The molecule has 1 saturated heterocycles. The molecule has 1 heterocycles. The average Bonchev–Trinajstić information content (AvgIpc) is 2.26. The van der Waals surface area contributed by atoms with E-state index in [1.807, 2.05) is 0 Å². The lowest BCUT2D eigenvalue weighted by Crippen LogP contribution is -2.45. The van der Waals surface area contributed by atoms with E-state index >= 15 is 0 Å². The molecule has 1 aliphatic rings. The molecule has 1 fully saturated rings. The Labute approximate surface area is 101 Å². The van der Waals surface area contributed by atoms with E-state index < -0.39 is 0 Å². The molecule has 0 aliphatic carbocycles. The lowest BCUT2D eigenvalue weighted by molar-refractivity contribution is -0.178. The quantitative estimate of drug-likeness (QED) is 0.527. The highest BCUT2D eigenvalue weighted by atomic mass is 16.6.